The minimum absolute atomic E-state index is 0.122. The molecule has 1 N–H and O–H groups in total. The minimum atomic E-state index is -0.122. The molecule has 0 aliphatic heterocycles. The van der Waals surface area contributed by atoms with Crippen LogP contribution in [0.1, 0.15) is 18.5 Å². The van der Waals surface area contributed by atoms with Gasteiger partial charge in [-0.3, -0.25) is 0 Å². The lowest BCUT2D eigenvalue weighted by atomic mass is 10.1. The van der Waals surface area contributed by atoms with E-state index in [0.29, 0.717) is 0 Å². The van der Waals surface area contributed by atoms with Gasteiger partial charge in [0.2, 0.25) is 0 Å². The van der Waals surface area contributed by atoms with Gasteiger partial charge < -0.3 is 5.11 Å². The number of hydrogen-bond donors (Lipinski definition) is 1. The lowest BCUT2D eigenvalue weighted by Gasteiger charge is -2.05. The number of isothiocyanates is 1. The Labute approximate surface area is 76.6 Å². The summed E-state index contributed by atoms with van der Waals surface area (Å²) in [6, 6.07) is 6.95. The fourth-order valence-electron chi connectivity index (χ4n) is 0.989. The van der Waals surface area contributed by atoms with Crippen LogP contribution in [0.25, 0.3) is 0 Å². The van der Waals surface area contributed by atoms with Crippen molar-refractivity contribution in [2.45, 2.75) is 13.0 Å². The number of phenols is 1. The Balaban J connectivity index is 3.02. The van der Waals surface area contributed by atoms with Gasteiger partial charge in [0.25, 0.3) is 0 Å². The van der Waals surface area contributed by atoms with Crippen molar-refractivity contribution in [2.75, 3.05) is 0 Å². The molecule has 1 aromatic carbocycles. The highest BCUT2D eigenvalue weighted by Crippen LogP contribution is 2.25. The zero-order valence-corrected chi connectivity index (χ0v) is 7.51. The summed E-state index contributed by atoms with van der Waals surface area (Å²) in [5.74, 6) is 0.249. The summed E-state index contributed by atoms with van der Waals surface area (Å²) < 4.78 is 0. The van der Waals surface area contributed by atoms with Crippen LogP contribution in [0.15, 0.2) is 29.3 Å². The van der Waals surface area contributed by atoms with E-state index in [1.807, 2.05) is 19.1 Å². The van der Waals surface area contributed by atoms with Crippen molar-refractivity contribution in [1.29, 1.82) is 0 Å². The van der Waals surface area contributed by atoms with Gasteiger partial charge in [0.1, 0.15) is 5.75 Å². The maximum atomic E-state index is 9.39. The molecule has 2 nitrogen and oxygen atoms in total. The highest BCUT2D eigenvalue weighted by atomic mass is 32.1. The first kappa shape index (κ1) is 8.91. The standard InChI is InChI=1S/C9H9NOS/c1-7(10-6-12)8-4-2-3-5-9(8)11/h2-5,7,11H,1H3. The molecule has 0 heterocycles. The topological polar surface area (TPSA) is 32.6 Å². The molecule has 0 radical (unpaired) electrons. The van der Waals surface area contributed by atoms with Gasteiger partial charge in [0.15, 0.2) is 0 Å². The summed E-state index contributed by atoms with van der Waals surface area (Å²) in [5.41, 5.74) is 0.773. The molecule has 0 fully saturated rings. The van der Waals surface area contributed by atoms with Crippen LogP contribution in [0.5, 0.6) is 5.75 Å². The van der Waals surface area contributed by atoms with Crippen molar-refractivity contribution in [3.05, 3.63) is 29.8 Å². The number of nitrogens with zero attached hydrogens (tertiary/aromatic N) is 1. The fourth-order valence-corrected chi connectivity index (χ4v) is 1.15. The number of hydrogen-bond acceptors (Lipinski definition) is 3. The molecule has 1 unspecified atom stereocenters. The number of thiocarbonyl (C=S) groups is 1. The number of rotatable bonds is 2. The van der Waals surface area contributed by atoms with Gasteiger partial charge in [0.05, 0.1) is 11.2 Å². The summed E-state index contributed by atoms with van der Waals surface area (Å²) in [6.45, 7) is 1.86. The summed E-state index contributed by atoms with van der Waals surface area (Å²) in [5, 5.41) is 11.7. The normalized spacial score (nSPS) is 11.8. The van der Waals surface area contributed by atoms with Gasteiger partial charge in [0, 0.05) is 5.56 Å². The van der Waals surface area contributed by atoms with Gasteiger partial charge in [-0.2, -0.15) is 0 Å². The average molecular weight is 179 g/mol. The van der Waals surface area contributed by atoms with Crippen LogP contribution < -0.4 is 0 Å². The second-order valence-electron chi connectivity index (χ2n) is 2.46. The highest BCUT2D eigenvalue weighted by molar-refractivity contribution is 7.78. The van der Waals surface area contributed by atoms with Crippen LogP contribution in [0.4, 0.5) is 0 Å². The van der Waals surface area contributed by atoms with E-state index in [4.69, 9.17) is 0 Å². The highest BCUT2D eigenvalue weighted by Gasteiger charge is 2.06. The molecule has 0 amide bonds. The monoisotopic (exact) mass is 179 g/mol. The van der Waals surface area contributed by atoms with E-state index in [1.54, 1.807) is 12.1 Å². The molecule has 0 aliphatic rings. The molecule has 0 aromatic heterocycles. The van der Waals surface area contributed by atoms with Crippen molar-refractivity contribution < 1.29 is 5.11 Å². The molecule has 1 rings (SSSR count). The molecule has 1 atom stereocenters. The quantitative estimate of drug-likeness (QED) is 0.559. The van der Waals surface area contributed by atoms with E-state index in [9.17, 15) is 5.11 Å². The second-order valence-corrected chi connectivity index (χ2v) is 2.64. The third kappa shape index (κ3) is 1.91. The first-order valence-corrected chi connectivity index (χ1v) is 4.01. The van der Waals surface area contributed by atoms with E-state index in [2.05, 4.69) is 22.4 Å². The summed E-state index contributed by atoms with van der Waals surface area (Å²) >= 11 is 4.47. The maximum Gasteiger partial charge on any atom is 0.120 e. The van der Waals surface area contributed by atoms with Crippen LogP contribution in [-0.4, -0.2) is 10.3 Å². The zero-order valence-electron chi connectivity index (χ0n) is 6.69. The Bertz CT molecular complexity index is 318. The summed E-state index contributed by atoms with van der Waals surface area (Å²) in [4.78, 5) is 3.86. The van der Waals surface area contributed by atoms with E-state index in [0.717, 1.165) is 5.56 Å². The number of para-hydroxylation sites is 1. The molecule has 0 aliphatic carbocycles. The smallest absolute Gasteiger partial charge is 0.120 e. The van der Waals surface area contributed by atoms with Crippen LogP contribution >= 0.6 is 12.2 Å². The van der Waals surface area contributed by atoms with Crippen molar-refractivity contribution in [1.82, 2.24) is 0 Å². The maximum absolute atomic E-state index is 9.39. The summed E-state index contributed by atoms with van der Waals surface area (Å²) in [6.07, 6.45) is 0. The molecule has 12 heavy (non-hydrogen) atoms. The molecule has 0 saturated heterocycles. The molecule has 1 aromatic rings. The van der Waals surface area contributed by atoms with Crippen LogP contribution in [-0.2, 0) is 0 Å². The third-order valence-corrected chi connectivity index (χ3v) is 1.74. The Morgan fingerprint density at radius 1 is 1.50 bits per heavy atom. The van der Waals surface area contributed by atoms with Crippen LogP contribution in [0.3, 0.4) is 0 Å². The predicted octanol–water partition coefficient (Wildman–Crippen LogP) is 2.56. The number of phenolic OH excluding ortho intramolecular Hbond substituents is 1. The molecular formula is C9H9NOS. The van der Waals surface area contributed by atoms with E-state index < -0.39 is 0 Å². The lowest BCUT2D eigenvalue weighted by molar-refractivity contribution is 0.464. The minimum Gasteiger partial charge on any atom is -0.508 e. The fraction of sp³-hybridized carbons (Fsp3) is 0.222. The third-order valence-electron chi connectivity index (χ3n) is 1.63. The van der Waals surface area contributed by atoms with Gasteiger partial charge in [-0.15, -0.1) is 0 Å². The molecule has 0 saturated carbocycles. The van der Waals surface area contributed by atoms with E-state index in [1.165, 1.54) is 0 Å². The number of aromatic hydroxyl groups is 1. The van der Waals surface area contributed by atoms with Gasteiger partial charge in [-0.25, -0.2) is 4.99 Å². The van der Waals surface area contributed by atoms with E-state index >= 15 is 0 Å². The van der Waals surface area contributed by atoms with Crippen molar-refractivity contribution in [2.24, 2.45) is 4.99 Å². The molecule has 0 bridgehead atoms. The van der Waals surface area contributed by atoms with Gasteiger partial charge in [-0.1, -0.05) is 18.2 Å². The Morgan fingerprint density at radius 3 is 2.75 bits per heavy atom. The van der Waals surface area contributed by atoms with E-state index in [-0.39, 0.29) is 11.8 Å². The average Bonchev–Trinajstić information content (AvgIpc) is 2.05. The Hall–Kier alpha value is -1.18. The van der Waals surface area contributed by atoms with Crippen molar-refractivity contribution in [3.8, 4) is 5.75 Å². The first-order valence-electron chi connectivity index (χ1n) is 3.60. The lowest BCUT2D eigenvalue weighted by Crippen LogP contribution is -1.88. The molecule has 0 spiro atoms. The first-order chi connectivity index (χ1) is 5.75. The zero-order chi connectivity index (χ0) is 8.97. The number of aliphatic imine (C=N–C) groups is 1. The SMILES string of the molecule is CC(N=C=S)c1ccccc1O. The molecular weight excluding hydrogens is 170 g/mol. The molecule has 3 heteroatoms. The van der Waals surface area contributed by atoms with Crippen molar-refractivity contribution in [3.63, 3.8) is 0 Å². The molecule has 62 valence electrons. The Kier molecular flexibility index (Phi) is 2.97. The predicted molar refractivity (Wildman–Crippen MR) is 51.5 cm³/mol. The largest absolute Gasteiger partial charge is 0.508 e. The van der Waals surface area contributed by atoms with Gasteiger partial charge in [-0.05, 0) is 25.2 Å². The van der Waals surface area contributed by atoms with Crippen LogP contribution in [0, 0.1) is 0 Å². The van der Waals surface area contributed by atoms with Gasteiger partial charge >= 0.3 is 0 Å². The number of benzene rings is 1. The van der Waals surface area contributed by atoms with Crippen LogP contribution in [0.2, 0.25) is 0 Å². The Morgan fingerprint density at radius 2 is 2.17 bits per heavy atom. The summed E-state index contributed by atoms with van der Waals surface area (Å²) in [7, 11) is 0. The second kappa shape index (κ2) is 4.00. The van der Waals surface area contributed by atoms with Crippen molar-refractivity contribution >= 4 is 17.4 Å².